The number of ether oxygens (including phenoxy) is 2. The van der Waals surface area contributed by atoms with Gasteiger partial charge in [0.05, 0.1) is 13.2 Å². The number of hydrogen-bond acceptors (Lipinski definition) is 2. The molecule has 1 heterocycles. The molecular formula is C14H15ClO2. The van der Waals surface area contributed by atoms with E-state index >= 15 is 0 Å². The molecule has 90 valence electrons. The molecule has 1 aliphatic heterocycles. The molecule has 1 aromatic rings. The van der Waals surface area contributed by atoms with Crippen molar-refractivity contribution < 1.29 is 9.47 Å². The summed E-state index contributed by atoms with van der Waals surface area (Å²) >= 11 is 5.57. The summed E-state index contributed by atoms with van der Waals surface area (Å²) in [5.41, 5.74) is 0.964. The van der Waals surface area contributed by atoms with Crippen LogP contribution >= 0.6 is 11.6 Å². The molecule has 17 heavy (non-hydrogen) atoms. The van der Waals surface area contributed by atoms with Gasteiger partial charge in [0.15, 0.2) is 0 Å². The van der Waals surface area contributed by atoms with Gasteiger partial charge in [-0.05, 0) is 18.2 Å². The van der Waals surface area contributed by atoms with Gasteiger partial charge in [-0.15, -0.1) is 11.6 Å². The van der Waals surface area contributed by atoms with Crippen LogP contribution in [0.4, 0.5) is 0 Å². The minimum absolute atomic E-state index is 0.182. The molecule has 1 aliphatic rings. The summed E-state index contributed by atoms with van der Waals surface area (Å²) in [4.78, 5) is 0. The predicted octanol–water partition coefficient (Wildman–Crippen LogP) is 2.83. The third-order valence-corrected chi connectivity index (χ3v) is 2.67. The van der Waals surface area contributed by atoms with Crippen molar-refractivity contribution in [1.82, 2.24) is 0 Å². The van der Waals surface area contributed by atoms with E-state index in [0.29, 0.717) is 18.9 Å². The normalized spacial score (nSPS) is 18.5. The molecule has 0 amide bonds. The Morgan fingerprint density at radius 3 is 3.18 bits per heavy atom. The molecule has 1 saturated heterocycles. The molecule has 1 atom stereocenters. The maximum atomic E-state index is 5.80. The van der Waals surface area contributed by atoms with Crippen LogP contribution in [0.2, 0.25) is 0 Å². The summed E-state index contributed by atoms with van der Waals surface area (Å²) in [6.45, 7) is 1.47. The van der Waals surface area contributed by atoms with E-state index in [0.717, 1.165) is 24.3 Å². The lowest BCUT2D eigenvalue weighted by Crippen LogP contribution is -2.15. The van der Waals surface area contributed by atoms with Crippen molar-refractivity contribution in [3.05, 3.63) is 29.8 Å². The van der Waals surface area contributed by atoms with Gasteiger partial charge in [-0.25, -0.2) is 0 Å². The molecule has 1 aromatic carbocycles. The Labute approximate surface area is 107 Å². The SMILES string of the molecule is ClCCC#Cc1cccc(OC2CCOC2)c1. The van der Waals surface area contributed by atoms with Crippen molar-refractivity contribution >= 4 is 11.6 Å². The molecule has 0 saturated carbocycles. The van der Waals surface area contributed by atoms with Crippen LogP contribution in [0.1, 0.15) is 18.4 Å². The van der Waals surface area contributed by atoms with Gasteiger partial charge in [0.1, 0.15) is 11.9 Å². The first kappa shape index (κ1) is 12.3. The minimum Gasteiger partial charge on any atom is -0.488 e. The molecule has 2 nitrogen and oxygen atoms in total. The van der Waals surface area contributed by atoms with E-state index in [1.807, 2.05) is 24.3 Å². The van der Waals surface area contributed by atoms with Crippen molar-refractivity contribution in [2.45, 2.75) is 18.9 Å². The van der Waals surface area contributed by atoms with Crippen LogP contribution in [-0.4, -0.2) is 25.2 Å². The van der Waals surface area contributed by atoms with Crippen molar-refractivity contribution in [3.8, 4) is 17.6 Å². The fraction of sp³-hybridized carbons (Fsp3) is 0.429. The van der Waals surface area contributed by atoms with E-state index in [1.165, 1.54) is 0 Å². The Bertz CT molecular complexity index is 414. The second-order valence-corrected chi connectivity index (χ2v) is 4.25. The zero-order valence-corrected chi connectivity index (χ0v) is 10.4. The fourth-order valence-electron chi connectivity index (χ4n) is 1.66. The van der Waals surface area contributed by atoms with Crippen LogP contribution in [0.3, 0.4) is 0 Å². The first-order chi connectivity index (χ1) is 8.38. The quantitative estimate of drug-likeness (QED) is 0.607. The Hall–Kier alpha value is -1.17. The zero-order valence-electron chi connectivity index (χ0n) is 9.62. The maximum absolute atomic E-state index is 5.80. The second kappa shape index (κ2) is 6.54. The van der Waals surface area contributed by atoms with Crippen LogP contribution in [0.5, 0.6) is 5.75 Å². The lowest BCUT2D eigenvalue weighted by molar-refractivity contribution is 0.141. The highest BCUT2D eigenvalue weighted by Gasteiger charge is 2.16. The largest absolute Gasteiger partial charge is 0.488 e. The van der Waals surface area contributed by atoms with Gasteiger partial charge in [0.25, 0.3) is 0 Å². The van der Waals surface area contributed by atoms with E-state index in [-0.39, 0.29) is 6.10 Å². The van der Waals surface area contributed by atoms with E-state index in [1.54, 1.807) is 0 Å². The second-order valence-electron chi connectivity index (χ2n) is 3.87. The molecule has 0 aromatic heterocycles. The Kier molecular flexibility index (Phi) is 4.73. The van der Waals surface area contributed by atoms with Crippen LogP contribution < -0.4 is 4.74 Å². The standard InChI is InChI=1S/C14H15ClO2/c15-8-2-1-4-12-5-3-6-13(10-12)17-14-7-9-16-11-14/h3,5-6,10,14H,2,7-9,11H2. The van der Waals surface area contributed by atoms with E-state index in [9.17, 15) is 0 Å². The van der Waals surface area contributed by atoms with Gasteiger partial charge in [0.2, 0.25) is 0 Å². The topological polar surface area (TPSA) is 18.5 Å². The molecule has 2 rings (SSSR count). The van der Waals surface area contributed by atoms with E-state index < -0.39 is 0 Å². The highest BCUT2D eigenvalue weighted by Crippen LogP contribution is 2.17. The lowest BCUT2D eigenvalue weighted by Gasteiger charge is -2.11. The monoisotopic (exact) mass is 250 g/mol. The molecule has 1 unspecified atom stereocenters. The highest BCUT2D eigenvalue weighted by atomic mass is 35.5. The average molecular weight is 251 g/mol. The van der Waals surface area contributed by atoms with Crippen molar-refractivity contribution in [2.75, 3.05) is 19.1 Å². The smallest absolute Gasteiger partial charge is 0.124 e. The third-order valence-electron chi connectivity index (χ3n) is 2.48. The summed E-state index contributed by atoms with van der Waals surface area (Å²) in [6.07, 6.45) is 1.85. The lowest BCUT2D eigenvalue weighted by atomic mass is 10.2. The van der Waals surface area contributed by atoms with Gasteiger partial charge in [0, 0.05) is 24.3 Å². The molecule has 1 fully saturated rings. The van der Waals surface area contributed by atoms with E-state index in [2.05, 4.69) is 11.8 Å². The summed E-state index contributed by atoms with van der Waals surface area (Å²) in [6, 6.07) is 7.83. The number of alkyl halides is 1. The Morgan fingerprint density at radius 2 is 2.41 bits per heavy atom. The van der Waals surface area contributed by atoms with Gasteiger partial charge in [-0.1, -0.05) is 17.9 Å². The molecule has 0 radical (unpaired) electrons. The summed E-state index contributed by atoms with van der Waals surface area (Å²) in [5, 5.41) is 0. The number of rotatable bonds is 3. The number of benzene rings is 1. The van der Waals surface area contributed by atoms with Gasteiger partial charge >= 0.3 is 0 Å². The predicted molar refractivity (Wildman–Crippen MR) is 68.5 cm³/mol. The number of halogens is 1. The molecule has 0 aliphatic carbocycles. The molecule has 0 N–H and O–H groups in total. The first-order valence-corrected chi connectivity index (χ1v) is 6.31. The van der Waals surface area contributed by atoms with Crippen molar-refractivity contribution in [1.29, 1.82) is 0 Å². The molecule has 3 heteroatoms. The molecule has 0 spiro atoms. The van der Waals surface area contributed by atoms with Crippen LogP contribution in [-0.2, 0) is 4.74 Å². The van der Waals surface area contributed by atoms with Crippen LogP contribution in [0.15, 0.2) is 24.3 Å². The molecular weight excluding hydrogens is 236 g/mol. The van der Waals surface area contributed by atoms with Gasteiger partial charge < -0.3 is 9.47 Å². The minimum atomic E-state index is 0.182. The first-order valence-electron chi connectivity index (χ1n) is 5.78. The van der Waals surface area contributed by atoms with Crippen molar-refractivity contribution in [3.63, 3.8) is 0 Å². The van der Waals surface area contributed by atoms with Gasteiger partial charge in [-0.3, -0.25) is 0 Å². The zero-order chi connectivity index (χ0) is 11.9. The van der Waals surface area contributed by atoms with E-state index in [4.69, 9.17) is 21.1 Å². The summed E-state index contributed by atoms with van der Waals surface area (Å²) in [7, 11) is 0. The maximum Gasteiger partial charge on any atom is 0.124 e. The van der Waals surface area contributed by atoms with Crippen molar-refractivity contribution in [2.24, 2.45) is 0 Å². The fourth-order valence-corrected chi connectivity index (χ4v) is 1.75. The summed E-state index contributed by atoms with van der Waals surface area (Å²) < 4.78 is 11.1. The van der Waals surface area contributed by atoms with Gasteiger partial charge in [-0.2, -0.15) is 0 Å². The van der Waals surface area contributed by atoms with Crippen LogP contribution in [0, 0.1) is 11.8 Å². The summed E-state index contributed by atoms with van der Waals surface area (Å²) in [5.74, 6) is 7.51. The highest BCUT2D eigenvalue weighted by molar-refractivity contribution is 6.18. The third kappa shape index (κ3) is 3.96. The average Bonchev–Trinajstić information content (AvgIpc) is 2.83. The number of hydrogen-bond donors (Lipinski definition) is 0. The Morgan fingerprint density at radius 1 is 1.47 bits per heavy atom. The Balaban J connectivity index is 1.98. The van der Waals surface area contributed by atoms with Crippen LogP contribution in [0.25, 0.3) is 0 Å². The molecule has 0 bridgehead atoms.